The average molecular weight is 336 g/mol. The molecule has 1 aliphatic rings. The Kier molecular flexibility index (Phi) is 8.62. The lowest BCUT2D eigenvalue weighted by atomic mass is 10.3. The number of guanidine groups is 1. The van der Waals surface area contributed by atoms with Gasteiger partial charge in [0.1, 0.15) is 0 Å². The summed E-state index contributed by atoms with van der Waals surface area (Å²) < 4.78 is 1.95. The van der Waals surface area contributed by atoms with Crippen molar-refractivity contribution in [1.82, 2.24) is 30.2 Å². The average Bonchev–Trinajstić information content (AvgIpc) is 3.02. The fourth-order valence-corrected chi connectivity index (χ4v) is 2.93. The highest BCUT2D eigenvalue weighted by molar-refractivity contribution is 5.79. The van der Waals surface area contributed by atoms with Crippen molar-refractivity contribution in [3.8, 4) is 0 Å². The molecule has 2 heterocycles. The molecule has 1 aromatic heterocycles. The number of likely N-dealkylation sites (N-methyl/N-ethyl adjacent to an activating group) is 1. The third-order valence-corrected chi connectivity index (χ3v) is 4.39. The standard InChI is InChI=1S/C17H33N7/c1-18-17(20-8-4-13-24-14-5-9-21-24)19-7-3-11-23-12-6-10-22(2)15-16-23/h5,9,14H,3-4,6-8,10-13,15-16H2,1-2H3,(H2,18,19,20). The first-order valence-electron chi connectivity index (χ1n) is 9.11. The van der Waals surface area contributed by atoms with Gasteiger partial charge in [-0.25, -0.2) is 0 Å². The molecule has 1 aliphatic heterocycles. The predicted octanol–water partition coefficient (Wildman–Crippen LogP) is 0.466. The van der Waals surface area contributed by atoms with E-state index in [2.05, 4.69) is 37.6 Å². The Hall–Kier alpha value is -1.60. The number of nitrogens with one attached hydrogen (secondary N) is 2. The molecule has 1 aromatic rings. The third kappa shape index (κ3) is 7.31. The van der Waals surface area contributed by atoms with Crippen LogP contribution in [0.4, 0.5) is 0 Å². The van der Waals surface area contributed by atoms with Crippen LogP contribution >= 0.6 is 0 Å². The number of aryl methyl sites for hydroxylation is 1. The Bertz CT molecular complexity index is 458. The van der Waals surface area contributed by atoms with Crippen molar-refractivity contribution in [3.05, 3.63) is 18.5 Å². The van der Waals surface area contributed by atoms with Crippen LogP contribution in [0, 0.1) is 0 Å². The molecule has 0 aromatic carbocycles. The summed E-state index contributed by atoms with van der Waals surface area (Å²) in [4.78, 5) is 9.28. The third-order valence-electron chi connectivity index (χ3n) is 4.39. The molecule has 2 rings (SSSR count). The van der Waals surface area contributed by atoms with Crippen molar-refractivity contribution in [1.29, 1.82) is 0 Å². The van der Waals surface area contributed by atoms with Crippen molar-refractivity contribution in [2.24, 2.45) is 4.99 Å². The maximum absolute atomic E-state index is 4.28. The van der Waals surface area contributed by atoms with Crippen molar-refractivity contribution in [2.45, 2.75) is 25.8 Å². The Balaban J connectivity index is 1.51. The SMILES string of the molecule is CN=C(NCCCN1CCCN(C)CC1)NCCCn1cccn1. The molecule has 1 saturated heterocycles. The van der Waals surface area contributed by atoms with Crippen molar-refractivity contribution < 1.29 is 0 Å². The summed E-state index contributed by atoms with van der Waals surface area (Å²) in [6.07, 6.45) is 7.27. The van der Waals surface area contributed by atoms with E-state index in [9.17, 15) is 0 Å². The summed E-state index contributed by atoms with van der Waals surface area (Å²) in [5.74, 6) is 0.895. The minimum Gasteiger partial charge on any atom is -0.356 e. The van der Waals surface area contributed by atoms with E-state index in [0.29, 0.717) is 0 Å². The first-order chi connectivity index (χ1) is 11.8. The van der Waals surface area contributed by atoms with E-state index in [0.717, 1.165) is 45.0 Å². The van der Waals surface area contributed by atoms with E-state index in [1.54, 1.807) is 0 Å². The highest BCUT2D eigenvalue weighted by Gasteiger charge is 2.11. The van der Waals surface area contributed by atoms with Gasteiger partial charge < -0.3 is 20.4 Å². The summed E-state index contributed by atoms with van der Waals surface area (Å²) in [6, 6.07) is 1.95. The van der Waals surface area contributed by atoms with Crippen LogP contribution in [0.25, 0.3) is 0 Å². The van der Waals surface area contributed by atoms with Gasteiger partial charge in [0.05, 0.1) is 0 Å². The summed E-state index contributed by atoms with van der Waals surface area (Å²) >= 11 is 0. The fraction of sp³-hybridized carbons (Fsp3) is 0.765. The predicted molar refractivity (Wildman–Crippen MR) is 99.4 cm³/mol. The van der Waals surface area contributed by atoms with E-state index in [1.165, 1.54) is 32.6 Å². The second-order valence-electron chi connectivity index (χ2n) is 6.40. The number of nitrogens with zero attached hydrogens (tertiary/aromatic N) is 5. The van der Waals surface area contributed by atoms with Crippen LogP contribution in [0.5, 0.6) is 0 Å². The molecule has 136 valence electrons. The minimum atomic E-state index is 0.895. The molecule has 0 radical (unpaired) electrons. The maximum atomic E-state index is 4.28. The molecule has 24 heavy (non-hydrogen) atoms. The van der Waals surface area contributed by atoms with E-state index >= 15 is 0 Å². The van der Waals surface area contributed by atoms with Gasteiger partial charge in [-0.05, 0) is 52.0 Å². The van der Waals surface area contributed by atoms with E-state index in [4.69, 9.17) is 0 Å². The molecule has 0 unspecified atom stereocenters. The Morgan fingerprint density at radius 2 is 1.88 bits per heavy atom. The van der Waals surface area contributed by atoms with Crippen LogP contribution in [0.15, 0.2) is 23.5 Å². The van der Waals surface area contributed by atoms with Gasteiger partial charge in [-0.1, -0.05) is 0 Å². The molecule has 0 atom stereocenters. The molecule has 0 amide bonds. The van der Waals surface area contributed by atoms with Crippen molar-refractivity contribution in [3.63, 3.8) is 0 Å². The Morgan fingerprint density at radius 3 is 2.58 bits per heavy atom. The zero-order valence-corrected chi connectivity index (χ0v) is 15.2. The molecule has 0 aliphatic carbocycles. The van der Waals surface area contributed by atoms with Gasteiger partial charge in [-0.2, -0.15) is 5.10 Å². The second kappa shape index (κ2) is 11.0. The van der Waals surface area contributed by atoms with Gasteiger partial charge in [0.2, 0.25) is 0 Å². The maximum Gasteiger partial charge on any atom is 0.190 e. The van der Waals surface area contributed by atoms with Crippen molar-refractivity contribution in [2.75, 3.05) is 59.9 Å². The molecular weight excluding hydrogens is 302 g/mol. The van der Waals surface area contributed by atoms with E-state index in [-0.39, 0.29) is 0 Å². The number of hydrogen-bond acceptors (Lipinski definition) is 4. The molecule has 1 fully saturated rings. The zero-order chi connectivity index (χ0) is 17.0. The molecular formula is C17H33N7. The lowest BCUT2D eigenvalue weighted by molar-refractivity contribution is 0.274. The lowest BCUT2D eigenvalue weighted by Gasteiger charge is -2.20. The first kappa shape index (κ1) is 18.7. The number of rotatable bonds is 8. The Morgan fingerprint density at radius 1 is 1.08 bits per heavy atom. The summed E-state index contributed by atoms with van der Waals surface area (Å²) in [6.45, 7) is 8.79. The van der Waals surface area contributed by atoms with Crippen LogP contribution in [0.1, 0.15) is 19.3 Å². The molecule has 0 bridgehead atoms. The largest absolute Gasteiger partial charge is 0.356 e. The summed E-state index contributed by atoms with van der Waals surface area (Å²) in [5, 5.41) is 11.0. The van der Waals surface area contributed by atoms with Gasteiger partial charge in [-0.3, -0.25) is 9.67 Å². The van der Waals surface area contributed by atoms with Gasteiger partial charge in [0.25, 0.3) is 0 Å². The number of aromatic nitrogens is 2. The normalized spacial score (nSPS) is 17.7. The summed E-state index contributed by atoms with van der Waals surface area (Å²) in [7, 11) is 4.04. The van der Waals surface area contributed by atoms with Crippen LogP contribution in [-0.4, -0.2) is 85.4 Å². The highest BCUT2D eigenvalue weighted by Crippen LogP contribution is 2.01. The van der Waals surface area contributed by atoms with Crippen LogP contribution in [-0.2, 0) is 6.54 Å². The molecule has 7 nitrogen and oxygen atoms in total. The monoisotopic (exact) mass is 335 g/mol. The molecule has 0 spiro atoms. The molecule has 0 saturated carbocycles. The van der Waals surface area contributed by atoms with Crippen LogP contribution < -0.4 is 10.6 Å². The second-order valence-corrected chi connectivity index (χ2v) is 6.40. The molecule has 2 N–H and O–H groups in total. The lowest BCUT2D eigenvalue weighted by Crippen LogP contribution is -2.39. The molecule has 7 heteroatoms. The highest BCUT2D eigenvalue weighted by atomic mass is 15.3. The van der Waals surface area contributed by atoms with Crippen LogP contribution in [0.2, 0.25) is 0 Å². The minimum absolute atomic E-state index is 0.895. The van der Waals surface area contributed by atoms with Gasteiger partial charge in [0.15, 0.2) is 5.96 Å². The van der Waals surface area contributed by atoms with Gasteiger partial charge in [0, 0.05) is 52.2 Å². The number of aliphatic imine (C=N–C) groups is 1. The fourth-order valence-electron chi connectivity index (χ4n) is 2.93. The van der Waals surface area contributed by atoms with E-state index < -0.39 is 0 Å². The van der Waals surface area contributed by atoms with Gasteiger partial charge >= 0.3 is 0 Å². The summed E-state index contributed by atoms with van der Waals surface area (Å²) in [5.41, 5.74) is 0. The van der Waals surface area contributed by atoms with Crippen molar-refractivity contribution >= 4 is 5.96 Å². The van der Waals surface area contributed by atoms with Crippen LogP contribution in [0.3, 0.4) is 0 Å². The first-order valence-corrected chi connectivity index (χ1v) is 9.11. The zero-order valence-electron chi connectivity index (χ0n) is 15.2. The van der Waals surface area contributed by atoms with E-state index in [1.807, 2.05) is 30.2 Å². The Labute approximate surface area is 146 Å². The number of hydrogen-bond donors (Lipinski definition) is 2. The topological polar surface area (TPSA) is 60.7 Å². The van der Waals surface area contributed by atoms with Gasteiger partial charge in [-0.15, -0.1) is 0 Å². The quantitative estimate of drug-likeness (QED) is 0.411. The smallest absolute Gasteiger partial charge is 0.190 e.